The summed E-state index contributed by atoms with van der Waals surface area (Å²) in [5.41, 5.74) is 7.97. The number of guanidine groups is 1. The predicted octanol–water partition coefficient (Wildman–Crippen LogP) is 1.42. The largest absolute Gasteiger partial charge is 0.381 e. The van der Waals surface area contributed by atoms with Crippen LogP contribution in [0.1, 0.15) is 24.0 Å². The van der Waals surface area contributed by atoms with E-state index in [1.807, 2.05) is 6.07 Å². The van der Waals surface area contributed by atoms with Crippen LogP contribution in [0.4, 0.5) is 0 Å². The summed E-state index contributed by atoms with van der Waals surface area (Å²) in [4.78, 5) is 3.87. The van der Waals surface area contributed by atoms with Crippen molar-refractivity contribution in [2.75, 3.05) is 20.3 Å². The zero-order valence-corrected chi connectivity index (χ0v) is 12.0. The summed E-state index contributed by atoms with van der Waals surface area (Å²) in [6, 6.07) is 8.32. The molecule has 1 aliphatic heterocycles. The van der Waals surface area contributed by atoms with Crippen molar-refractivity contribution in [3.8, 4) is 0 Å². The van der Waals surface area contributed by atoms with Crippen molar-refractivity contribution >= 4 is 5.96 Å². The van der Waals surface area contributed by atoms with Crippen molar-refractivity contribution in [1.82, 2.24) is 5.32 Å². The van der Waals surface area contributed by atoms with Crippen molar-refractivity contribution in [2.45, 2.75) is 32.1 Å². The van der Waals surface area contributed by atoms with Crippen LogP contribution in [-0.2, 0) is 22.6 Å². The van der Waals surface area contributed by atoms with Gasteiger partial charge in [-0.1, -0.05) is 24.3 Å². The maximum absolute atomic E-state index is 5.92. The van der Waals surface area contributed by atoms with Crippen LogP contribution in [0.2, 0.25) is 0 Å². The summed E-state index contributed by atoms with van der Waals surface area (Å²) < 4.78 is 11.2. The minimum atomic E-state index is 0.327. The Morgan fingerprint density at radius 2 is 2.15 bits per heavy atom. The van der Waals surface area contributed by atoms with E-state index in [1.54, 1.807) is 7.05 Å². The van der Waals surface area contributed by atoms with Gasteiger partial charge in [0, 0.05) is 26.8 Å². The van der Waals surface area contributed by atoms with Crippen molar-refractivity contribution in [3.63, 3.8) is 0 Å². The van der Waals surface area contributed by atoms with Crippen LogP contribution in [-0.4, -0.2) is 32.3 Å². The number of nitrogens with one attached hydrogen (secondary N) is 1. The smallest absolute Gasteiger partial charge is 0.188 e. The lowest BCUT2D eigenvalue weighted by Crippen LogP contribution is -2.30. The summed E-state index contributed by atoms with van der Waals surface area (Å²) in [5.74, 6) is 0.453. The molecule has 0 spiro atoms. The summed E-state index contributed by atoms with van der Waals surface area (Å²) in [5, 5.41) is 3.05. The second-order valence-corrected chi connectivity index (χ2v) is 4.91. The lowest BCUT2D eigenvalue weighted by Gasteiger charge is -2.22. The Labute approximate surface area is 120 Å². The number of benzene rings is 1. The van der Waals surface area contributed by atoms with Crippen molar-refractivity contribution in [3.05, 3.63) is 35.4 Å². The number of hydrogen-bond acceptors (Lipinski definition) is 3. The lowest BCUT2D eigenvalue weighted by molar-refractivity contribution is -0.0390. The fourth-order valence-corrected chi connectivity index (χ4v) is 2.16. The van der Waals surface area contributed by atoms with Gasteiger partial charge in [0.15, 0.2) is 5.96 Å². The second-order valence-electron chi connectivity index (χ2n) is 4.91. The zero-order valence-electron chi connectivity index (χ0n) is 12.0. The molecule has 5 nitrogen and oxygen atoms in total. The summed E-state index contributed by atoms with van der Waals surface area (Å²) in [6.07, 6.45) is 2.31. The fourth-order valence-electron chi connectivity index (χ4n) is 2.16. The number of nitrogens with zero attached hydrogens (tertiary/aromatic N) is 1. The molecule has 5 heteroatoms. The third-order valence-corrected chi connectivity index (χ3v) is 3.36. The average Bonchev–Trinajstić information content (AvgIpc) is 2.52. The van der Waals surface area contributed by atoms with E-state index in [4.69, 9.17) is 15.2 Å². The lowest BCUT2D eigenvalue weighted by atomic mass is 10.1. The molecule has 20 heavy (non-hydrogen) atoms. The van der Waals surface area contributed by atoms with Gasteiger partial charge in [0.2, 0.25) is 0 Å². The highest BCUT2D eigenvalue weighted by molar-refractivity contribution is 5.77. The third-order valence-electron chi connectivity index (χ3n) is 3.36. The Bertz CT molecular complexity index is 442. The van der Waals surface area contributed by atoms with Crippen LogP contribution in [0.25, 0.3) is 0 Å². The number of ether oxygens (including phenoxy) is 2. The van der Waals surface area contributed by atoms with E-state index in [1.165, 1.54) is 11.1 Å². The molecule has 1 aliphatic rings. The quantitative estimate of drug-likeness (QED) is 0.631. The highest BCUT2D eigenvalue weighted by atomic mass is 16.5. The minimum Gasteiger partial charge on any atom is -0.381 e. The molecule has 0 atom stereocenters. The van der Waals surface area contributed by atoms with Gasteiger partial charge in [-0.3, -0.25) is 4.99 Å². The molecule has 0 aromatic heterocycles. The van der Waals surface area contributed by atoms with Gasteiger partial charge in [0.1, 0.15) is 0 Å². The molecule has 110 valence electrons. The summed E-state index contributed by atoms with van der Waals surface area (Å²) in [6.45, 7) is 2.94. The van der Waals surface area contributed by atoms with Crippen LogP contribution in [0.5, 0.6) is 0 Å². The Morgan fingerprint density at radius 3 is 2.90 bits per heavy atom. The molecule has 1 heterocycles. The molecule has 0 bridgehead atoms. The fraction of sp³-hybridized carbons (Fsp3) is 0.533. The van der Waals surface area contributed by atoms with Gasteiger partial charge in [-0.2, -0.15) is 0 Å². The first-order valence-corrected chi connectivity index (χ1v) is 7.01. The molecule has 0 saturated carbocycles. The SMILES string of the molecule is CN=C(N)NCc1cccc(COC2CCOCC2)c1. The van der Waals surface area contributed by atoms with Crippen LogP contribution in [0.15, 0.2) is 29.3 Å². The molecule has 1 aromatic rings. The minimum absolute atomic E-state index is 0.327. The normalized spacial score (nSPS) is 17.1. The van der Waals surface area contributed by atoms with Gasteiger partial charge in [0.25, 0.3) is 0 Å². The molecular weight excluding hydrogens is 254 g/mol. The van der Waals surface area contributed by atoms with Crippen LogP contribution >= 0.6 is 0 Å². The van der Waals surface area contributed by atoms with E-state index < -0.39 is 0 Å². The first-order valence-electron chi connectivity index (χ1n) is 7.01. The Balaban J connectivity index is 1.82. The molecule has 2 rings (SSSR count). The highest BCUT2D eigenvalue weighted by Crippen LogP contribution is 2.14. The van der Waals surface area contributed by atoms with E-state index in [9.17, 15) is 0 Å². The second kappa shape index (κ2) is 7.87. The van der Waals surface area contributed by atoms with E-state index in [0.29, 0.717) is 25.2 Å². The van der Waals surface area contributed by atoms with Gasteiger partial charge in [0.05, 0.1) is 12.7 Å². The zero-order chi connectivity index (χ0) is 14.2. The Kier molecular flexibility index (Phi) is 5.83. The van der Waals surface area contributed by atoms with Crippen molar-refractivity contribution < 1.29 is 9.47 Å². The van der Waals surface area contributed by atoms with E-state index in [2.05, 4.69) is 28.5 Å². The standard InChI is InChI=1S/C15H23N3O2/c1-17-15(16)18-10-12-3-2-4-13(9-12)11-20-14-5-7-19-8-6-14/h2-4,9,14H,5-8,10-11H2,1H3,(H3,16,17,18). The van der Waals surface area contributed by atoms with E-state index in [-0.39, 0.29) is 0 Å². The van der Waals surface area contributed by atoms with Gasteiger partial charge in [-0.05, 0) is 24.0 Å². The van der Waals surface area contributed by atoms with E-state index >= 15 is 0 Å². The van der Waals surface area contributed by atoms with Gasteiger partial charge >= 0.3 is 0 Å². The topological polar surface area (TPSA) is 68.9 Å². The molecule has 0 aliphatic carbocycles. The maximum atomic E-state index is 5.92. The van der Waals surface area contributed by atoms with Gasteiger partial charge in [-0.15, -0.1) is 0 Å². The first-order chi connectivity index (χ1) is 9.78. The highest BCUT2D eigenvalue weighted by Gasteiger charge is 2.13. The monoisotopic (exact) mass is 277 g/mol. The van der Waals surface area contributed by atoms with Gasteiger partial charge < -0.3 is 20.5 Å². The average molecular weight is 277 g/mol. The number of rotatable bonds is 5. The number of aliphatic imine (C=N–C) groups is 1. The predicted molar refractivity (Wildman–Crippen MR) is 79.5 cm³/mol. The van der Waals surface area contributed by atoms with E-state index in [0.717, 1.165) is 26.1 Å². The number of nitrogens with two attached hydrogens (primary N) is 1. The molecule has 3 N–H and O–H groups in total. The van der Waals surface area contributed by atoms with Crippen molar-refractivity contribution in [1.29, 1.82) is 0 Å². The summed E-state index contributed by atoms with van der Waals surface area (Å²) in [7, 11) is 1.67. The molecular formula is C15H23N3O2. The Hall–Kier alpha value is -1.59. The summed E-state index contributed by atoms with van der Waals surface area (Å²) >= 11 is 0. The number of hydrogen-bond donors (Lipinski definition) is 2. The van der Waals surface area contributed by atoms with Crippen LogP contribution in [0.3, 0.4) is 0 Å². The maximum Gasteiger partial charge on any atom is 0.188 e. The Morgan fingerprint density at radius 1 is 1.40 bits per heavy atom. The molecule has 0 radical (unpaired) electrons. The van der Waals surface area contributed by atoms with Crippen molar-refractivity contribution in [2.24, 2.45) is 10.7 Å². The molecule has 1 aromatic carbocycles. The van der Waals surface area contributed by atoms with Crippen LogP contribution < -0.4 is 11.1 Å². The molecule has 0 unspecified atom stereocenters. The molecule has 1 fully saturated rings. The first kappa shape index (κ1) is 14.8. The third kappa shape index (κ3) is 4.83. The molecule has 1 saturated heterocycles. The van der Waals surface area contributed by atoms with Crippen LogP contribution in [0, 0.1) is 0 Å². The molecule has 0 amide bonds. The van der Waals surface area contributed by atoms with Gasteiger partial charge in [-0.25, -0.2) is 0 Å².